The van der Waals surface area contributed by atoms with E-state index < -0.39 is 22.1 Å². The average Bonchev–Trinajstić information content (AvgIpc) is 2.26. The first-order valence-electron chi connectivity index (χ1n) is 5.75. The van der Waals surface area contributed by atoms with Crippen LogP contribution in [0.25, 0.3) is 0 Å². The Morgan fingerprint density at radius 1 is 1.26 bits per heavy atom. The summed E-state index contributed by atoms with van der Waals surface area (Å²) < 4.78 is 5.19. The Morgan fingerprint density at radius 3 is 2.26 bits per heavy atom. The summed E-state index contributed by atoms with van der Waals surface area (Å²) in [5.41, 5.74) is -2.90. The number of aliphatic hydroxyl groups is 1. The molecule has 104 valence electrons. The number of benzene rings is 1. The van der Waals surface area contributed by atoms with Crippen LogP contribution in [0.3, 0.4) is 0 Å². The number of rotatable bonds is 4. The molecule has 0 atom stereocenters. The lowest BCUT2D eigenvalue weighted by molar-refractivity contribution is -0.385. The van der Waals surface area contributed by atoms with Crippen molar-refractivity contribution >= 4 is 11.7 Å². The molecule has 6 heteroatoms. The quantitative estimate of drug-likeness (QED) is 0.513. The van der Waals surface area contributed by atoms with Crippen molar-refractivity contribution < 1.29 is 19.6 Å². The summed E-state index contributed by atoms with van der Waals surface area (Å²) in [4.78, 5) is 22.2. The van der Waals surface area contributed by atoms with E-state index in [0.717, 1.165) is 0 Å². The summed E-state index contributed by atoms with van der Waals surface area (Å²) >= 11 is 0. The highest BCUT2D eigenvalue weighted by atomic mass is 16.6. The fraction of sp³-hybridized carbons (Fsp3) is 0.462. The third-order valence-corrected chi connectivity index (χ3v) is 3.14. The molecule has 1 rings (SSSR count). The molecule has 1 aromatic rings. The molecule has 0 spiro atoms. The van der Waals surface area contributed by atoms with E-state index >= 15 is 0 Å². The molecule has 1 aromatic carbocycles. The second kappa shape index (κ2) is 4.97. The van der Waals surface area contributed by atoms with E-state index in [0.29, 0.717) is 0 Å². The fourth-order valence-electron chi connectivity index (χ4n) is 1.22. The molecule has 0 saturated heterocycles. The number of hydrogen-bond donors (Lipinski definition) is 1. The number of hydrogen-bond acceptors (Lipinski definition) is 5. The van der Waals surface area contributed by atoms with Crippen LogP contribution in [0.5, 0.6) is 0 Å². The van der Waals surface area contributed by atoms with Crippen LogP contribution in [-0.4, -0.2) is 27.2 Å². The van der Waals surface area contributed by atoms with Gasteiger partial charge in [0.2, 0.25) is 0 Å². The smallest absolute Gasteiger partial charge is 0.345 e. The van der Waals surface area contributed by atoms with Crippen molar-refractivity contribution in [1.29, 1.82) is 0 Å². The van der Waals surface area contributed by atoms with Crippen LogP contribution in [0.1, 0.15) is 38.1 Å². The van der Waals surface area contributed by atoms with E-state index in [1.165, 1.54) is 38.1 Å². The number of carbonyl (C=O) groups is 1. The predicted octanol–water partition coefficient (Wildman–Crippen LogP) is 2.30. The van der Waals surface area contributed by atoms with Gasteiger partial charge in [-0.25, -0.2) is 4.79 Å². The number of nitro groups is 1. The van der Waals surface area contributed by atoms with Crippen molar-refractivity contribution in [3.05, 3.63) is 39.9 Å². The van der Waals surface area contributed by atoms with Crippen molar-refractivity contribution in [2.45, 2.75) is 38.9 Å². The van der Waals surface area contributed by atoms with Gasteiger partial charge in [0, 0.05) is 6.07 Å². The Hall–Kier alpha value is -1.95. The van der Waals surface area contributed by atoms with Gasteiger partial charge < -0.3 is 9.84 Å². The van der Waals surface area contributed by atoms with E-state index in [2.05, 4.69) is 0 Å². The minimum Gasteiger partial charge on any atom is -0.453 e. The highest BCUT2D eigenvalue weighted by molar-refractivity contribution is 5.94. The summed E-state index contributed by atoms with van der Waals surface area (Å²) in [7, 11) is 0. The lowest BCUT2D eigenvalue weighted by atomic mass is 9.89. The van der Waals surface area contributed by atoms with Crippen LogP contribution in [-0.2, 0) is 4.74 Å². The maximum Gasteiger partial charge on any atom is 0.345 e. The molecular formula is C13H17NO5. The van der Waals surface area contributed by atoms with E-state index in [1.807, 2.05) is 0 Å². The molecule has 0 fully saturated rings. The second-order valence-corrected chi connectivity index (χ2v) is 5.23. The lowest BCUT2D eigenvalue weighted by Crippen LogP contribution is -2.48. The van der Waals surface area contributed by atoms with Crippen LogP contribution in [0.15, 0.2) is 24.3 Å². The van der Waals surface area contributed by atoms with E-state index in [9.17, 15) is 20.0 Å². The van der Waals surface area contributed by atoms with Gasteiger partial charge >= 0.3 is 5.97 Å². The molecule has 0 heterocycles. The molecule has 0 aromatic heterocycles. The summed E-state index contributed by atoms with van der Waals surface area (Å²) in [6.07, 6.45) is 0. The summed E-state index contributed by atoms with van der Waals surface area (Å²) in [5.74, 6) is -0.834. The van der Waals surface area contributed by atoms with Crippen molar-refractivity contribution in [1.82, 2.24) is 0 Å². The van der Waals surface area contributed by atoms with Gasteiger partial charge in [-0.15, -0.1) is 0 Å². The number of ether oxygens (including phenoxy) is 1. The Morgan fingerprint density at radius 2 is 1.79 bits per heavy atom. The molecule has 0 radical (unpaired) electrons. The maximum atomic E-state index is 12.0. The highest BCUT2D eigenvalue weighted by Gasteiger charge is 2.39. The summed E-state index contributed by atoms with van der Waals surface area (Å²) in [5, 5.41) is 20.7. The predicted molar refractivity (Wildman–Crippen MR) is 68.9 cm³/mol. The summed E-state index contributed by atoms with van der Waals surface area (Å²) in [6, 6.07) is 5.53. The fourth-order valence-corrected chi connectivity index (χ4v) is 1.22. The molecule has 0 aliphatic rings. The molecule has 0 unspecified atom stereocenters. The van der Waals surface area contributed by atoms with Crippen molar-refractivity contribution in [2.24, 2.45) is 0 Å². The van der Waals surface area contributed by atoms with Crippen molar-refractivity contribution in [3.63, 3.8) is 0 Å². The van der Waals surface area contributed by atoms with Gasteiger partial charge in [0.25, 0.3) is 5.69 Å². The molecular weight excluding hydrogens is 250 g/mol. The molecule has 1 N–H and O–H groups in total. The molecule has 19 heavy (non-hydrogen) atoms. The third-order valence-electron chi connectivity index (χ3n) is 3.14. The number of nitro benzene ring substituents is 1. The molecule has 0 amide bonds. The molecule has 0 aliphatic carbocycles. The van der Waals surface area contributed by atoms with E-state index in [4.69, 9.17) is 4.74 Å². The van der Waals surface area contributed by atoms with Crippen LogP contribution < -0.4 is 0 Å². The molecule has 0 saturated carbocycles. The Bertz CT molecular complexity index is 502. The van der Waals surface area contributed by atoms with Crippen LogP contribution >= 0.6 is 0 Å². The zero-order chi connectivity index (χ0) is 14.8. The first kappa shape index (κ1) is 15.1. The van der Waals surface area contributed by atoms with Crippen molar-refractivity contribution in [3.8, 4) is 0 Å². The second-order valence-electron chi connectivity index (χ2n) is 5.23. The van der Waals surface area contributed by atoms with Gasteiger partial charge in [-0.1, -0.05) is 12.1 Å². The average molecular weight is 267 g/mol. The van der Waals surface area contributed by atoms with E-state index in [1.54, 1.807) is 13.8 Å². The summed E-state index contributed by atoms with van der Waals surface area (Å²) in [6.45, 7) is 6.08. The van der Waals surface area contributed by atoms with Gasteiger partial charge in [0.1, 0.15) is 11.2 Å². The highest BCUT2D eigenvalue weighted by Crippen LogP contribution is 2.28. The zero-order valence-corrected chi connectivity index (χ0v) is 11.3. The van der Waals surface area contributed by atoms with Gasteiger partial charge in [0.05, 0.1) is 10.5 Å². The Kier molecular flexibility index (Phi) is 3.95. The Labute approximate surface area is 111 Å². The number of nitrogens with zero attached hydrogens (tertiary/aromatic N) is 1. The van der Waals surface area contributed by atoms with Gasteiger partial charge in [-0.2, -0.15) is 0 Å². The number of esters is 1. The normalized spacial score (nSPS) is 12.1. The number of carbonyl (C=O) groups excluding carboxylic acids is 1. The van der Waals surface area contributed by atoms with Gasteiger partial charge in [0.15, 0.2) is 0 Å². The largest absolute Gasteiger partial charge is 0.453 e. The van der Waals surface area contributed by atoms with E-state index in [-0.39, 0.29) is 11.3 Å². The first-order chi connectivity index (χ1) is 8.56. The number of para-hydroxylation sites is 1. The SMILES string of the molecule is CC(C)(O)C(C)(C)OC(=O)c1ccccc1[N+](=O)[O-]. The third kappa shape index (κ3) is 3.29. The van der Waals surface area contributed by atoms with Crippen LogP contribution in [0.2, 0.25) is 0 Å². The monoisotopic (exact) mass is 267 g/mol. The molecule has 0 bridgehead atoms. The Balaban J connectivity index is 3.07. The molecule has 0 aliphatic heterocycles. The first-order valence-corrected chi connectivity index (χ1v) is 5.75. The van der Waals surface area contributed by atoms with Gasteiger partial charge in [-0.3, -0.25) is 10.1 Å². The van der Waals surface area contributed by atoms with Crippen LogP contribution in [0.4, 0.5) is 5.69 Å². The van der Waals surface area contributed by atoms with Gasteiger partial charge in [-0.05, 0) is 33.8 Å². The minimum atomic E-state index is -1.27. The topological polar surface area (TPSA) is 89.7 Å². The minimum absolute atomic E-state index is 0.134. The maximum absolute atomic E-state index is 12.0. The lowest BCUT2D eigenvalue weighted by Gasteiger charge is -2.36. The molecule has 6 nitrogen and oxygen atoms in total. The van der Waals surface area contributed by atoms with Crippen LogP contribution in [0, 0.1) is 10.1 Å². The van der Waals surface area contributed by atoms with Crippen molar-refractivity contribution in [2.75, 3.05) is 0 Å². The zero-order valence-electron chi connectivity index (χ0n) is 11.3. The standard InChI is InChI=1S/C13H17NO5/c1-12(2,16)13(3,4)19-11(15)9-7-5-6-8-10(9)14(17)18/h5-8,16H,1-4H3.